The zero-order chi connectivity index (χ0) is 29.0. The predicted molar refractivity (Wildman–Crippen MR) is 142 cm³/mol. The van der Waals surface area contributed by atoms with Crippen molar-refractivity contribution < 1.29 is 22.8 Å². The SMILES string of the molecule is Cc1ncc(-c2c(C(F)F)ccc(Cl)c2F)nc1C(=O)Nc1cnn(Cc2cnc(N3C[C@H]4C[C@H]4C3=O)c(C)n2)c1. The average Bonchev–Trinajstić information content (AvgIpc) is 3.46. The molecule has 10 nitrogen and oxygen atoms in total. The van der Waals surface area contributed by atoms with Gasteiger partial charge in [0, 0.05) is 29.8 Å². The van der Waals surface area contributed by atoms with E-state index in [0.717, 1.165) is 24.8 Å². The van der Waals surface area contributed by atoms with Gasteiger partial charge in [-0.2, -0.15) is 5.10 Å². The molecule has 2 aliphatic rings. The largest absolute Gasteiger partial charge is 0.318 e. The van der Waals surface area contributed by atoms with Crippen molar-refractivity contribution in [1.82, 2.24) is 29.7 Å². The number of hydrogen-bond donors (Lipinski definition) is 1. The Hall–Kier alpha value is -4.39. The Labute approximate surface area is 236 Å². The van der Waals surface area contributed by atoms with E-state index in [-0.39, 0.29) is 40.5 Å². The first kappa shape index (κ1) is 26.8. The lowest BCUT2D eigenvalue weighted by atomic mass is 10.0. The van der Waals surface area contributed by atoms with Crippen LogP contribution in [0.3, 0.4) is 0 Å². The molecule has 2 atom stereocenters. The monoisotopic (exact) mass is 582 g/mol. The molecule has 0 spiro atoms. The van der Waals surface area contributed by atoms with Crippen LogP contribution in [0.5, 0.6) is 0 Å². The number of nitrogens with one attached hydrogen (secondary N) is 1. The van der Waals surface area contributed by atoms with E-state index < -0.39 is 29.3 Å². The number of anilines is 2. The van der Waals surface area contributed by atoms with Crippen molar-refractivity contribution in [1.29, 1.82) is 0 Å². The molecule has 4 aromatic rings. The van der Waals surface area contributed by atoms with Crippen LogP contribution in [0.4, 0.5) is 24.7 Å². The summed E-state index contributed by atoms with van der Waals surface area (Å²) in [5.74, 6) is -0.553. The zero-order valence-corrected chi connectivity index (χ0v) is 22.5. The minimum absolute atomic E-state index is 0.102. The number of aromatic nitrogens is 6. The number of nitrogens with zero attached hydrogens (tertiary/aromatic N) is 7. The molecular weight excluding hydrogens is 561 g/mol. The molecule has 6 rings (SSSR count). The van der Waals surface area contributed by atoms with Crippen LogP contribution in [-0.4, -0.2) is 48.1 Å². The molecule has 210 valence electrons. The normalized spacial score (nSPS) is 17.7. The van der Waals surface area contributed by atoms with E-state index in [9.17, 15) is 22.8 Å². The first-order valence-corrected chi connectivity index (χ1v) is 13.1. The van der Waals surface area contributed by atoms with E-state index in [1.54, 1.807) is 28.9 Å². The fraction of sp³-hybridized carbons (Fsp3) is 0.296. The van der Waals surface area contributed by atoms with Gasteiger partial charge in [-0.05, 0) is 32.3 Å². The molecule has 0 unspecified atom stereocenters. The van der Waals surface area contributed by atoms with Gasteiger partial charge in [0.15, 0.2) is 11.6 Å². The van der Waals surface area contributed by atoms with E-state index in [1.165, 1.54) is 13.1 Å². The van der Waals surface area contributed by atoms with Gasteiger partial charge in [-0.3, -0.25) is 29.1 Å². The second kappa shape index (κ2) is 10.2. The number of halogens is 4. The minimum atomic E-state index is -3.00. The van der Waals surface area contributed by atoms with Crippen LogP contribution in [0.1, 0.15) is 46.0 Å². The third-order valence-electron chi connectivity index (χ3n) is 7.15. The summed E-state index contributed by atoms with van der Waals surface area (Å²) in [5.41, 5.74) is 0.210. The van der Waals surface area contributed by atoms with Gasteiger partial charge in [-0.1, -0.05) is 17.7 Å². The number of amides is 2. The standard InChI is InChI=1S/C27H22ClF3N8O2/c1-12-23(37-20(8-32-12)21-17(24(30)31)3-4-19(28)22(21)29)26(40)36-16-7-34-38(11-16)10-15-6-33-25(13(2)35-15)39-9-14-5-18(14)27(39)41/h3-4,6-8,11,14,18,24H,5,9-10H2,1-2H3,(H,36,40)/t14-,18-/m1/s1. The molecule has 2 amide bonds. The first-order chi connectivity index (χ1) is 19.6. The van der Waals surface area contributed by atoms with Crippen LogP contribution in [0.25, 0.3) is 11.3 Å². The van der Waals surface area contributed by atoms with E-state index in [1.807, 2.05) is 0 Å². The van der Waals surface area contributed by atoms with E-state index in [4.69, 9.17) is 11.6 Å². The lowest BCUT2D eigenvalue weighted by molar-refractivity contribution is -0.118. The molecule has 3 aromatic heterocycles. The Bertz CT molecular complexity index is 1710. The Morgan fingerprint density at radius 1 is 1.15 bits per heavy atom. The second-order valence-corrected chi connectivity index (χ2v) is 10.4. The van der Waals surface area contributed by atoms with Crippen molar-refractivity contribution in [2.75, 3.05) is 16.8 Å². The fourth-order valence-corrected chi connectivity index (χ4v) is 5.15. The third-order valence-corrected chi connectivity index (χ3v) is 7.45. The van der Waals surface area contributed by atoms with Gasteiger partial charge in [0.05, 0.1) is 58.6 Å². The highest BCUT2D eigenvalue weighted by Crippen LogP contribution is 2.47. The van der Waals surface area contributed by atoms with E-state index in [2.05, 4.69) is 30.4 Å². The summed E-state index contributed by atoms with van der Waals surface area (Å²) in [6.07, 6.45) is 3.64. The number of carbonyl (C=O) groups excluding carboxylic acids is 2. The Morgan fingerprint density at radius 2 is 1.95 bits per heavy atom. The van der Waals surface area contributed by atoms with Crippen molar-refractivity contribution >= 4 is 34.9 Å². The van der Waals surface area contributed by atoms with Crippen molar-refractivity contribution in [3.8, 4) is 11.3 Å². The molecule has 41 heavy (non-hydrogen) atoms. The van der Waals surface area contributed by atoms with Gasteiger partial charge in [-0.15, -0.1) is 0 Å². The average molecular weight is 583 g/mol. The number of fused-ring (bicyclic) bond motifs is 1. The van der Waals surface area contributed by atoms with Crippen molar-refractivity contribution in [2.24, 2.45) is 11.8 Å². The number of aryl methyl sites for hydroxylation is 2. The highest BCUT2D eigenvalue weighted by Gasteiger charge is 2.53. The fourth-order valence-electron chi connectivity index (χ4n) is 5.00. The van der Waals surface area contributed by atoms with Crippen LogP contribution in [0, 0.1) is 31.5 Å². The molecule has 14 heteroatoms. The molecule has 1 aromatic carbocycles. The maximum atomic E-state index is 14.8. The van der Waals surface area contributed by atoms with Crippen LogP contribution in [-0.2, 0) is 11.3 Å². The zero-order valence-electron chi connectivity index (χ0n) is 21.8. The number of benzene rings is 1. The van der Waals surface area contributed by atoms with Gasteiger partial charge in [-0.25, -0.2) is 23.1 Å². The quantitative estimate of drug-likeness (QED) is 0.334. The summed E-state index contributed by atoms with van der Waals surface area (Å²) in [6.45, 7) is 4.24. The van der Waals surface area contributed by atoms with Crippen molar-refractivity contribution in [3.05, 3.63) is 76.1 Å². The Kier molecular flexibility index (Phi) is 6.68. The summed E-state index contributed by atoms with van der Waals surface area (Å²) >= 11 is 5.82. The lowest BCUT2D eigenvalue weighted by Gasteiger charge is -2.19. The van der Waals surface area contributed by atoms with Gasteiger partial charge >= 0.3 is 0 Å². The van der Waals surface area contributed by atoms with Crippen LogP contribution in [0.15, 0.2) is 36.9 Å². The summed E-state index contributed by atoms with van der Waals surface area (Å²) in [6, 6.07) is 2.04. The number of piperidine rings is 1. The maximum Gasteiger partial charge on any atom is 0.276 e. The number of alkyl halides is 2. The van der Waals surface area contributed by atoms with E-state index >= 15 is 0 Å². The highest BCUT2D eigenvalue weighted by atomic mass is 35.5. The number of hydrogen-bond acceptors (Lipinski definition) is 7. The summed E-state index contributed by atoms with van der Waals surface area (Å²) < 4.78 is 43.5. The van der Waals surface area contributed by atoms with Crippen LogP contribution in [0.2, 0.25) is 5.02 Å². The molecule has 1 aliphatic carbocycles. The van der Waals surface area contributed by atoms with Crippen LogP contribution >= 0.6 is 11.6 Å². The van der Waals surface area contributed by atoms with Gasteiger partial charge in [0.2, 0.25) is 5.91 Å². The summed E-state index contributed by atoms with van der Waals surface area (Å²) in [4.78, 5) is 44.4. The summed E-state index contributed by atoms with van der Waals surface area (Å²) in [7, 11) is 0. The summed E-state index contributed by atoms with van der Waals surface area (Å²) in [5, 5.41) is 6.53. The van der Waals surface area contributed by atoms with Crippen molar-refractivity contribution in [3.63, 3.8) is 0 Å². The van der Waals surface area contributed by atoms with Crippen LogP contribution < -0.4 is 10.2 Å². The van der Waals surface area contributed by atoms with Gasteiger partial charge < -0.3 is 5.32 Å². The third kappa shape index (κ3) is 5.01. The molecule has 1 saturated carbocycles. The molecule has 0 radical (unpaired) electrons. The molecule has 4 heterocycles. The van der Waals surface area contributed by atoms with Gasteiger partial charge in [0.25, 0.3) is 12.3 Å². The molecule has 1 N–H and O–H groups in total. The predicted octanol–water partition coefficient (Wildman–Crippen LogP) is 4.76. The Morgan fingerprint density at radius 3 is 2.66 bits per heavy atom. The molecule has 0 bridgehead atoms. The Balaban J connectivity index is 1.18. The lowest BCUT2D eigenvalue weighted by Crippen LogP contribution is -2.30. The molecule has 1 saturated heterocycles. The number of carbonyl (C=O) groups is 2. The van der Waals surface area contributed by atoms with E-state index in [0.29, 0.717) is 35.4 Å². The molecule has 2 fully saturated rings. The smallest absolute Gasteiger partial charge is 0.276 e. The molecular formula is C27H22ClF3N8O2. The van der Waals surface area contributed by atoms with Crippen molar-refractivity contribution in [2.45, 2.75) is 33.2 Å². The van der Waals surface area contributed by atoms with Gasteiger partial charge in [0.1, 0.15) is 5.69 Å². The highest BCUT2D eigenvalue weighted by molar-refractivity contribution is 6.31. The second-order valence-electron chi connectivity index (χ2n) is 10.0. The maximum absolute atomic E-state index is 14.8. The first-order valence-electron chi connectivity index (χ1n) is 12.7. The molecule has 1 aliphatic heterocycles. The number of rotatable bonds is 7. The minimum Gasteiger partial charge on any atom is -0.318 e. The topological polar surface area (TPSA) is 119 Å².